The Hall–Kier alpha value is -3.00. The zero-order chi connectivity index (χ0) is 19.2. The van der Waals surface area contributed by atoms with Crippen LogP contribution >= 0.6 is 11.3 Å². The summed E-state index contributed by atoms with van der Waals surface area (Å²) in [5, 5.41) is 9.20. The van der Waals surface area contributed by atoms with Crippen LogP contribution in [0.1, 0.15) is 10.4 Å². The van der Waals surface area contributed by atoms with Crippen LogP contribution in [0.15, 0.2) is 41.9 Å². The van der Waals surface area contributed by atoms with Crippen molar-refractivity contribution < 1.29 is 19.0 Å². The van der Waals surface area contributed by atoms with Crippen molar-refractivity contribution in [2.24, 2.45) is 0 Å². The van der Waals surface area contributed by atoms with E-state index in [1.54, 1.807) is 61.7 Å². The highest BCUT2D eigenvalue weighted by atomic mass is 32.1. The number of nitrogens with one attached hydrogen (secondary N) is 1. The van der Waals surface area contributed by atoms with Crippen LogP contribution in [0.25, 0.3) is 0 Å². The van der Waals surface area contributed by atoms with Gasteiger partial charge in [-0.15, -0.1) is 11.3 Å². The van der Waals surface area contributed by atoms with Crippen molar-refractivity contribution in [1.29, 1.82) is 0 Å². The molecular formula is C19H21N3O4S. The Morgan fingerprint density at radius 1 is 1.15 bits per heavy atom. The summed E-state index contributed by atoms with van der Waals surface area (Å²) < 4.78 is 17.7. The van der Waals surface area contributed by atoms with Crippen molar-refractivity contribution in [2.45, 2.75) is 13.0 Å². The van der Waals surface area contributed by atoms with Gasteiger partial charge < -0.3 is 19.5 Å². The normalized spacial score (nSPS) is 10.5. The molecule has 0 aliphatic carbocycles. The number of anilines is 1. The monoisotopic (exact) mass is 387 g/mol. The number of rotatable bonds is 8. The average molecular weight is 387 g/mol. The molecule has 0 bridgehead atoms. The van der Waals surface area contributed by atoms with E-state index < -0.39 is 0 Å². The maximum atomic E-state index is 12.5. The number of benzene rings is 1. The summed E-state index contributed by atoms with van der Waals surface area (Å²) in [5.74, 6) is 2.03. The summed E-state index contributed by atoms with van der Waals surface area (Å²) in [6, 6.07) is 9.34. The van der Waals surface area contributed by atoms with Crippen LogP contribution < -0.4 is 19.5 Å². The van der Waals surface area contributed by atoms with Gasteiger partial charge in [-0.1, -0.05) is 6.07 Å². The summed E-state index contributed by atoms with van der Waals surface area (Å²) in [6.07, 6.45) is 1.84. The van der Waals surface area contributed by atoms with Crippen LogP contribution in [0, 0.1) is 0 Å². The van der Waals surface area contributed by atoms with E-state index in [2.05, 4.69) is 10.4 Å². The molecule has 1 amide bonds. The third kappa shape index (κ3) is 4.40. The molecule has 0 atom stereocenters. The number of thiophene rings is 1. The number of carbonyl (C=O) groups excluding carboxylic acids is 1. The predicted molar refractivity (Wildman–Crippen MR) is 104 cm³/mol. The second kappa shape index (κ2) is 8.59. The molecule has 0 saturated heterocycles. The first-order valence-electron chi connectivity index (χ1n) is 8.27. The van der Waals surface area contributed by atoms with Gasteiger partial charge in [0.05, 0.1) is 40.5 Å². The van der Waals surface area contributed by atoms with Gasteiger partial charge in [0.15, 0.2) is 11.5 Å². The minimum Gasteiger partial charge on any atom is -0.493 e. The van der Waals surface area contributed by atoms with E-state index in [9.17, 15) is 4.79 Å². The second-order valence-corrected chi connectivity index (χ2v) is 6.74. The number of methoxy groups -OCH3 is 3. The summed E-state index contributed by atoms with van der Waals surface area (Å²) in [4.78, 5) is 13.7. The lowest BCUT2D eigenvalue weighted by molar-refractivity contribution is -0.115. The van der Waals surface area contributed by atoms with E-state index in [4.69, 9.17) is 14.2 Å². The molecule has 8 heteroatoms. The van der Waals surface area contributed by atoms with E-state index in [0.717, 1.165) is 5.56 Å². The molecule has 27 heavy (non-hydrogen) atoms. The average Bonchev–Trinajstić information content (AvgIpc) is 3.33. The van der Waals surface area contributed by atoms with Crippen LogP contribution in [0.2, 0.25) is 0 Å². The first-order valence-corrected chi connectivity index (χ1v) is 9.15. The number of hydrogen-bond acceptors (Lipinski definition) is 6. The van der Waals surface area contributed by atoms with Gasteiger partial charge >= 0.3 is 0 Å². The van der Waals surface area contributed by atoms with Crippen molar-refractivity contribution in [1.82, 2.24) is 9.78 Å². The molecule has 0 aliphatic rings. The minimum absolute atomic E-state index is 0.155. The number of aromatic nitrogens is 2. The quantitative estimate of drug-likeness (QED) is 0.642. The number of hydrogen-bond donors (Lipinski definition) is 1. The van der Waals surface area contributed by atoms with Crippen molar-refractivity contribution in [3.8, 4) is 17.2 Å². The van der Waals surface area contributed by atoms with Gasteiger partial charge in [0.2, 0.25) is 11.7 Å². The smallest absolute Gasteiger partial charge is 0.229 e. The first kappa shape index (κ1) is 18.8. The number of nitrogens with zero attached hydrogens (tertiary/aromatic N) is 2. The predicted octanol–water partition coefficient (Wildman–Crippen LogP) is 3.20. The lowest BCUT2D eigenvalue weighted by atomic mass is 10.1. The zero-order valence-electron chi connectivity index (χ0n) is 15.4. The molecule has 142 valence electrons. The van der Waals surface area contributed by atoms with Crippen molar-refractivity contribution >= 4 is 23.1 Å². The van der Waals surface area contributed by atoms with Gasteiger partial charge in [-0.2, -0.15) is 5.10 Å². The van der Waals surface area contributed by atoms with Crippen LogP contribution in [0.5, 0.6) is 17.2 Å². The van der Waals surface area contributed by atoms with Crippen molar-refractivity contribution in [2.75, 3.05) is 26.6 Å². The number of carbonyl (C=O) groups is 1. The Morgan fingerprint density at radius 3 is 2.48 bits per heavy atom. The van der Waals surface area contributed by atoms with Gasteiger partial charge in [0.1, 0.15) is 5.82 Å². The maximum absolute atomic E-state index is 12.5. The van der Waals surface area contributed by atoms with Crippen LogP contribution in [-0.4, -0.2) is 37.0 Å². The van der Waals surface area contributed by atoms with E-state index in [1.807, 2.05) is 17.5 Å². The zero-order valence-corrected chi connectivity index (χ0v) is 16.2. The van der Waals surface area contributed by atoms with E-state index in [-0.39, 0.29) is 12.3 Å². The molecule has 0 saturated carbocycles. The molecule has 0 aliphatic heterocycles. The highest BCUT2D eigenvalue weighted by molar-refractivity contribution is 7.09. The molecule has 3 rings (SSSR count). The third-order valence-electron chi connectivity index (χ3n) is 3.96. The van der Waals surface area contributed by atoms with Crippen molar-refractivity contribution in [3.05, 3.63) is 52.3 Å². The SMILES string of the molecule is COc1cc(CC(=O)Nc2ccnn2Cc2cccs2)cc(OC)c1OC. The summed E-state index contributed by atoms with van der Waals surface area (Å²) >= 11 is 1.65. The van der Waals surface area contributed by atoms with Gasteiger partial charge in [-0.3, -0.25) is 4.79 Å². The highest BCUT2D eigenvalue weighted by Gasteiger charge is 2.16. The number of ether oxygens (including phenoxy) is 3. The lowest BCUT2D eigenvalue weighted by Gasteiger charge is -2.14. The largest absolute Gasteiger partial charge is 0.493 e. The molecule has 1 aromatic carbocycles. The molecule has 7 nitrogen and oxygen atoms in total. The summed E-state index contributed by atoms with van der Waals surface area (Å²) in [6.45, 7) is 0.616. The third-order valence-corrected chi connectivity index (χ3v) is 4.82. The van der Waals surface area contributed by atoms with E-state index in [1.165, 1.54) is 4.88 Å². The Labute approximate surface area is 161 Å². The van der Waals surface area contributed by atoms with E-state index >= 15 is 0 Å². The molecule has 0 unspecified atom stereocenters. The van der Waals surface area contributed by atoms with Gasteiger partial charge in [0, 0.05) is 10.9 Å². The van der Waals surface area contributed by atoms with Crippen LogP contribution in [0.4, 0.5) is 5.82 Å². The summed E-state index contributed by atoms with van der Waals surface area (Å²) in [5.41, 5.74) is 0.756. The number of amides is 1. The molecule has 1 N–H and O–H groups in total. The van der Waals surface area contributed by atoms with Crippen LogP contribution in [-0.2, 0) is 17.8 Å². The standard InChI is InChI=1S/C19H21N3O4S/c1-24-15-9-13(10-16(25-2)19(15)26-3)11-18(23)21-17-6-7-20-22(17)12-14-5-4-8-27-14/h4-10H,11-12H2,1-3H3,(H,21,23). The van der Waals surface area contributed by atoms with Crippen molar-refractivity contribution in [3.63, 3.8) is 0 Å². The second-order valence-electron chi connectivity index (χ2n) is 5.71. The fourth-order valence-corrected chi connectivity index (χ4v) is 3.41. The fourth-order valence-electron chi connectivity index (χ4n) is 2.72. The van der Waals surface area contributed by atoms with Gasteiger partial charge in [-0.25, -0.2) is 4.68 Å². The Bertz CT molecular complexity index is 881. The van der Waals surface area contributed by atoms with E-state index in [0.29, 0.717) is 29.6 Å². The lowest BCUT2D eigenvalue weighted by Crippen LogP contribution is -2.18. The molecule has 2 heterocycles. The molecule has 3 aromatic rings. The van der Waals surface area contributed by atoms with Gasteiger partial charge in [-0.05, 0) is 29.1 Å². The maximum Gasteiger partial charge on any atom is 0.229 e. The van der Waals surface area contributed by atoms with Gasteiger partial charge in [0.25, 0.3) is 0 Å². The first-order chi connectivity index (χ1) is 13.1. The minimum atomic E-state index is -0.155. The Kier molecular flexibility index (Phi) is 5.97. The van der Waals surface area contributed by atoms with Crippen LogP contribution in [0.3, 0.4) is 0 Å². The Balaban J connectivity index is 1.72. The summed E-state index contributed by atoms with van der Waals surface area (Å²) in [7, 11) is 4.63. The molecule has 0 radical (unpaired) electrons. The topological polar surface area (TPSA) is 74.6 Å². The highest BCUT2D eigenvalue weighted by Crippen LogP contribution is 2.38. The molecule has 0 fully saturated rings. The fraction of sp³-hybridized carbons (Fsp3) is 0.263. The molecule has 0 spiro atoms. The molecule has 2 aromatic heterocycles. The molecular weight excluding hydrogens is 366 g/mol. The Morgan fingerprint density at radius 2 is 1.89 bits per heavy atom.